The molecule has 5 rings (SSSR count). The number of hydrogen-bond acceptors (Lipinski definition) is 4. The summed E-state index contributed by atoms with van der Waals surface area (Å²) in [6.45, 7) is 2.55. The number of amides is 1. The second-order valence-corrected chi connectivity index (χ2v) is 8.82. The number of rotatable bonds is 1. The zero-order valence-corrected chi connectivity index (χ0v) is 17.2. The van der Waals surface area contributed by atoms with E-state index in [0.717, 1.165) is 17.9 Å². The van der Waals surface area contributed by atoms with Crippen LogP contribution in [0.5, 0.6) is 5.75 Å². The van der Waals surface area contributed by atoms with E-state index in [1.165, 1.54) is 18.2 Å². The molecule has 0 bridgehead atoms. The molecule has 3 aliphatic rings. The van der Waals surface area contributed by atoms with Crippen molar-refractivity contribution in [1.82, 2.24) is 0 Å². The fourth-order valence-electron chi connectivity index (χ4n) is 5.10. The highest BCUT2D eigenvalue weighted by molar-refractivity contribution is 6.30. The first-order chi connectivity index (χ1) is 13.9. The molecule has 5 nitrogen and oxygen atoms in total. The lowest BCUT2D eigenvalue weighted by atomic mass is 9.70. The number of benzene rings is 2. The molecule has 6 heteroatoms. The van der Waals surface area contributed by atoms with Crippen molar-refractivity contribution in [2.75, 3.05) is 25.2 Å². The van der Waals surface area contributed by atoms with Gasteiger partial charge in [0.15, 0.2) is 0 Å². The molecule has 150 valence electrons. The molecular weight excluding hydrogens is 390 g/mol. The van der Waals surface area contributed by atoms with E-state index in [4.69, 9.17) is 21.1 Å². The summed E-state index contributed by atoms with van der Waals surface area (Å²) in [5.41, 5.74) is 3.24. The summed E-state index contributed by atoms with van der Waals surface area (Å²) in [5, 5.41) is 0.746. The van der Waals surface area contributed by atoms with Gasteiger partial charge in [0.2, 0.25) is 5.91 Å². The lowest BCUT2D eigenvalue weighted by molar-refractivity contribution is -0.116. The third-order valence-corrected chi connectivity index (χ3v) is 6.81. The highest BCUT2D eigenvalue weighted by Crippen LogP contribution is 2.61. The number of anilines is 1. The largest absolute Gasteiger partial charge is 0.490 e. The van der Waals surface area contributed by atoms with Crippen molar-refractivity contribution in [2.24, 2.45) is 5.92 Å². The van der Waals surface area contributed by atoms with Gasteiger partial charge in [0.25, 0.3) is 0 Å². The third-order valence-electron chi connectivity index (χ3n) is 6.58. The number of carbonyl (C=O) groups is 2. The number of ether oxygens (including phenoxy) is 2. The van der Waals surface area contributed by atoms with E-state index in [1.54, 1.807) is 30.0 Å². The van der Waals surface area contributed by atoms with E-state index in [9.17, 15) is 9.59 Å². The van der Waals surface area contributed by atoms with Gasteiger partial charge in [-0.2, -0.15) is 0 Å². The summed E-state index contributed by atoms with van der Waals surface area (Å²) in [6.07, 6.45) is 2.14. The van der Waals surface area contributed by atoms with Crippen LogP contribution in [-0.2, 0) is 14.9 Å². The highest BCUT2D eigenvalue weighted by atomic mass is 35.5. The molecule has 1 aliphatic heterocycles. The maximum absolute atomic E-state index is 12.7. The molecule has 0 aromatic heterocycles. The Balaban J connectivity index is 1.61. The Hall–Kier alpha value is -2.53. The predicted octanol–water partition coefficient (Wildman–Crippen LogP) is 4.32. The molecule has 1 heterocycles. The normalized spacial score (nSPS) is 26.5. The monoisotopic (exact) mass is 411 g/mol. The first kappa shape index (κ1) is 18.5. The number of methoxy groups -OCH3 is 1. The van der Waals surface area contributed by atoms with E-state index in [0.29, 0.717) is 42.0 Å². The SMILES string of the molecule is COC(=O)c1ccc2c(c1)N(C(C)=O)C[C@]1(CO2)C[C@@H]2C[C@@H]2c2cc(Cl)ccc21. The van der Waals surface area contributed by atoms with Gasteiger partial charge in [0.1, 0.15) is 5.75 Å². The van der Waals surface area contributed by atoms with Crippen molar-refractivity contribution < 1.29 is 19.1 Å². The van der Waals surface area contributed by atoms with Gasteiger partial charge < -0.3 is 14.4 Å². The first-order valence-electron chi connectivity index (χ1n) is 9.85. The fraction of sp³-hybridized carbons (Fsp3) is 0.391. The first-order valence-corrected chi connectivity index (χ1v) is 10.2. The molecule has 1 saturated carbocycles. The van der Waals surface area contributed by atoms with Gasteiger partial charge >= 0.3 is 5.97 Å². The van der Waals surface area contributed by atoms with Gasteiger partial charge in [-0.3, -0.25) is 4.79 Å². The molecule has 0 saturated heterocycles. The summed E-state index contributed by atoms with van der Waals surface area (Å²) in [6, 6.07) is 11.2. The lowest BCUT2D eigenvalue weighted by Crippen LogP contribution is -2.47. The average Bonchev–Trinajstić information content (AvgIpc) is 3.50. The second-order valence-electron chi connectivity index (χ2n) is 8.39. The van der Waals surface area contributed by atoms with Crippen LogP contribution in [-0.4, -0.2) is 32.1 Å². The van der Waals surface area contributed by atoms with Crippen molar-refractivity contribution in [2.45, 2.75) is 31.1 Å². The third kappa shape index (κ3) is 2.91. The topological polar surface area (TPSA) is 55.8 Å². The van der Waals surface area contributed by atoms with Crippen molar-refractivity contribution in [3.8, 4) is 5.75 Å². The van der Waals surface area contributed by atoms with Crippen LogP contribution in [0.25, 0.3) is 0 Å². The Labute approximate surface area is 174 Å². The van der Waals surface area contributed by atoms with Crippen LogP contribution in [0.2, 0.25) is 5.02 Å². The zero-order chi connectivity index (χ0) is 20.3. The van der Waals surface area contributed by atoms with Crippen LogP contribution < -0.4 is 9.64 Å². The predicted molar refractivity (Wildman–Crippen MR) is 110 cm³/mol. The van der Waals surface area contributed by atoms with E-state index in [-0.39, 0.29) is 11.3 Å². The number of esters is 1. The average molecular weight is 412 g/mol. The Morgan fingerprint density at radius 2 is 2.07 bits per heavy atom. The lowest BCUT2D eigenvalue weighted by Gasteiger charge is -2.39. The van der Waals surface area contributed by atoms with Crippen molar-refractivity contribution in [1.29, 1.82) is 0 Å². The van der Waals surface area contributed by atoms with Crippen LogP contribution in [0.1, 0.15) is 47.2 Å². The summed E-state index contributed by atoms with van der Waals surface area (Å²) in [5.74, 6) is 1.26. The molecule has 29 heavy (non-hydrogen) atoms. The van der Waals surface area contributed by atoms with E-state index < -0.39 is 5.97 Å². The van der Waals surface area contributed by atoms with Crippen LogP contribution >= 0.6 is 11.6 Å². The molecule has 2 aromatic rings. The molecule has 1 amide bonds. The highest BCUT2D eigenvalue weighted by Gasteiger charge is 2.54. The Kier molecular flexibility index (Phi) is 4.14. The summed E-state index contributed by atoms with van der Waals surface area (Å²) in [7, 11) is 1.35. The molecule has 0 radical (unpaired) electrons. The van der Waals surface area contributed by atoms with E-state index in [1.807, 2.05) is 6.07 Å². The van der Waals surface area contributed by atoms with E-state index >= 15 is 0 Å². The van der Waals surface area contributed by atoms with Crippen LogP contribution in [0.15, 0.2) is 36.4 Å². The van der Waals surface area contributed by atoms with Gasteiger partial charge in [-0.05, 0) is 66.1 Å². The molecule has 2 aliphatic carbocycles. The molecule has 3 atom stereocenters. The summed E-state index contributed by atoms with van der Waals surface area (Å²) < 4.78 is 11.1. The second kappa shape index (κ2) is 6.49. The number of carbonyl (C=O) groups excluding carboxylic acids is 2. The molecule has 0 unspecified atom stereocenters. The maximum Gasteiger partial charge on any atom is 0.337 e. The smallest absolute Gasteiger partial charge is 0.337 e. The fourth-order valence-corrected chi connectivity index (χ4v) is 5.28. The number of fused-ring (bicyclic) bond motifs is 5. The Morgan fingerprint density at radius 3 is 2.83 bits per heavy atom. The minimum absolute atomic E-state index is 0.0772. The minimum atomic E-state index is -0.436. The van der Waals surface area contributed by atoms with Gasteiger partial charge in [-0.25, -0.2) is 4.79 Å². The van der Waals surface area contributed by atoms with Crippen molar-refractivity contribution in [3.63, 3.8) is 0 Å². The van der Waals surface area contributed by atoms with Crippen LogP contribution in [0, 0.1) is 5.92 Å². The van der Waals surface area contributed by atoms with Gasteiger partial charge in [-0.1, -0.05) is 17.7 Å². The van der Waals surface area contributed by atoms with Crippen LogP contribution in [0.3, 0.4) is 0 Å². The van der Waals surface area contributed by atoms with Gasteiger partial charge in [0.05, 0.1) is 25.0 Å². The van der Waals surface area contributed by atoms with E-state index in [2.05, 4.69) is 12.1 Å². The van der Waals surface area contributed by atoms with Crippen molar-refractivity contribution >= 4 is 29.2 Å². The molecule has 1 spiro atoms. The number of halogens is 1. The van der Waals surface area contributed by atoms with Gasteiger partial charge in [-0.15, -0.1) is 0 Å². The zero-order valence-electron chi connectivity index (χ0n) is 16.4. The molecule has 1 fully saturated rings. The molecule has 0 N–H and O–H groups in total. The Morgan fingerprint density at radius 1 is 1.24 bits per heavy atom. The standard InChI is InChI=1S/C23H22ClNO4/c1-13(26)25-11-23(10-15-7-17(15)18-9-16(24)4-5-19(18)23)12-29-21-6-3-14(8-20(21)25)22(27)28-2/h3-6,8-9,15,17H,7,10-12H2,1-2H3/t15-,17-,23-/m0/s1. The van der Waals surface area contributed by atoms with Crippen molar-refractivity contribution in [3.05, 3.63) is 58.1 Å². The molecule has 2 aromatic carbocycles. The quantitative estimate of drug-likeness (QED) is 0.656. The molecular formula is C23H22ClNO4. The summed E-state index contributed by atoms with van der Waals surface area (Å²) >= 11 is 6.29. The number of nitrogens with zero attached hydrogens (tertiary/aromatic N) is 1. The number of hydrogen-bond donors (Lipinski definition) is 0. The van der Waals surface area contributed by atoms with Gasteiger partial charge in [0, 0.05) is 23.9 Å². The maximum atomic E-state index is 12.7. The Bertz CT molecular complexity index is 1040. The summed E-state index contributed by atoms with van der Waals surface area (Å²) in [4.78, 5) is 26.4. The van der Waals surface area contributed by atoms with Crippen LogP contribution in [0.4, 0.5) is 5.69 Å². The minimum Gasteiger partial charge on any atom is -0.490 e.